The SMILES string of the molecule is Cc1ccc(C(=O)COC(=O)c2ccc(N3C(=O)[C@@H]4CCCC[C@H]4C3=O)cc2)cc1C. The molecule has 2 atom stereocenters. The monoisotopic (exact) mass is 419 g/mol. The van der Waals surface area contributed by atoms with Crippen molar-refractivity contribution >= 4 is 29.3 Å². The molecule has 2 amide bonds. The molecule has 0 radical (unpaired) electrons. The van der Waals surface area contributed by atoms with E-state index >= 15 is 0 Å². The second-order valence-corrected chi connectivity index (χ2v) is 8.35. The molecule has 2 fully saturated rings. The Balaban J connectivity index is 1.40. The molecule has 0 aromatic heterocycles. The molecule has 1 aliphatic carbocycles. The zero-order valence-electron chi connectivity index (χ0n) is 17.7. The number of esters is 1. The third-order valence-electron chi connectivity index (χ3n) is 6.37. The van der Waals surface area contributed by atoms with E-state index in [0.717, 1.165) is 36.8 Å². The van der Waals surface area contributed by atoms with Crippen molar-refractivity contribution in [3.63, 3.8) is 0 Å². The highest BCUT2D eigenvalue weighted by atomic mass is 16.5. The number of ether oxygens (including phenoxy) is 1. The first-order chi connectivity index (χ1) is 14.9. The number of imide groups is 1. The van der Waals surface area contributed by atoms with Gasteiger partial charge in [0.25, 0.3) is 0 Å². The minimum absolute atomic E-state index is 0.149. The van der Waals surface area contributed by atoms with Crippen molar-refractivity contribution in [1.29, 1.82) is 0 Å². The molecule has 2 aliphatic rings. The summed E-state index contributed by atoms with van der Waals surface area (Å²) in [5.41, 5.74) is 3.31. The van der Waals surface area contributed by atoms with Crippen molar-refractivity contribution in [2.45, 2.75) is 39.5 Å². The Morgan fingerprint density at radius 1 is 0.871 bits per heavy atom. The number of carbonyl (C=O) groups excluding carboxylic acids is 4. The second-order valence-electron chi connectivity index (χ2n) is 8.35. The van der Waals surface area contributed by atoms with Gasteiger partial charge in [0.15, 0.2) is 12.4 Å². The lowest BCUT2D eigenvalue weighted by molar-refractivity contribution is -0.122. The molecule has 1 saturated carbocycles. The zero-order valence-corrected chi connectivity index (χ0v) is 17.7. The highest BCUT2D eigenvalue weighted by Gasteiger charge is 2.48. The van der Waals surface area contributed by atoms with Crippen LogP contribution in [0.25, 0.3) is 0 Å². The van der Waals surface area contributed by atoms with Crippen LogP contribution in [0.1, 0.15) is 57.5 Å². The van der Waals surface area contributed by atoms with Crippen LogP contribution in [0.5, 0.6) is 0 Å². The Kier molecular flexibility index (Phi) is 5.72. The fraction of sp³-hybridized carbons (Fsp3) is 0.360. The average Bonchev–Trinajstić information content (AvgIpc) is 3.04. The smallest absolute Gasteiger partial charge is 0.338 e. The first-order valence-electron chi connectivity index (χ1n) is 10.6. The van der Waals surface area contributed by atoms with Crippen LogP contribution >= 0.6 is 0 Å². The van der Waals surface area contributed by atoms with Crippen LogP contribution in [0.4, 0.5) is 5.69 Å². The quantitative estimate of drug-likeness (QED) is 0.415. The lowest BCUT2D eigenvalue weighted by atomic mass is 9.81. The number of benzene rings is 2. The summed E-state index contributed by atoms with van der Waals surface area (Å²) in [7, 11) is 0. The van der Waals surface area contributed by atoms with Crippen LogP contribution < -0.4 is 4.90 Å². The first kappa shape index (κ1) is 21.0. The maximum Gasteiger partial charge on any atom is 0.338 e. The zero-order chi connectivity index (χ0) is 22.1. The Bertz CT molecular complexity index is 1030. The lowest BCUT2D eigenvalue weighted by Crippen LogP contribution is -2.30. The normalized spacial score (nSPS) is 20.5. The van der Waals surface area contributed by atoms with Gasteiger partial charge in [0, 0.05) is 5.56 Å². The molecule has 0 unspecified atom stereocenters. The van der Waals surface area contributed by atoms with E-state index in [2.05, 4.69) is 0 Å². The van der Waals surface area contributed by atoms with Gasteiger partial charge in [-0.3, -0.25) is 19.3 Å². The van der Waals surface area contributed by atoms with Gasteiger partial charge < -0.3 is 4.74 Å². The van der Waals surface area contributed by atoms with Crippen molar-refractivity contribution in [3.05, 3.63) is 64.7 Å². The summed E-state index contributed by atoms with van der Waals surface area (Å²) in [6.07, 6.45) is 3.45. The van der Waals surface area contributed by atoms with Gasteiger partial charge in [0.05, 0.1) is 23.1 Å². The van der Waals surface area contributed by atoms with Crippen LogP contribution in [0.15, 0.2) is 42.5 Å². The molecule has 2 aromatic rings. The number of hydrogen-bond acceptors (Lipinski definition) is 5. The van der Waals surface area contributed by atoms with E-state index in [4.69, 9.17) is 4.74 Å². The molecule has 1 heterocycles. The van der Waals surface area contributed by atoms with E-state index in [-0.39, 0.29) is 41.6 Å². The molecule has 2 aromatic carbocycles. The van der Waals surface area contributed by atoms with E-state index in [1.54, 1.807) is 24.3 Å². The van der Waals surface area contributed by atoms with E-state index < -0.39 is 5.97 Å². The predicted molar refractivity (Wildman–Crippen MR) is 115 cm³/mol. The highest BCUT2D eigenvalue weighted by Crippen LogP contribution is 2.40. The number of fused-ring (bicyclic) bond motifs is 1. The number of nitrogens with zero attached hydrogens (tertiary/aromatic N) is 1. The minimum atomic E-state index is -0.628. The van der Waals surface area contributed by atoms with Crippen LogP contribution in [-0.2, 0) is 14.3 Å². The van der Waals surface area contributed by atoms with E-state index in [1.807, 2.05) is 19.9 Å². The molecule has 160 valence electrons. The third-order valence-corrected chi connectivity index (χ3v) is 6.37. The Morgan fingerprint density at radius 2 is 1.45 bits per heavy atom. The van der Waals surface area contributed by atoms with Crippen LogP contribution in [0.3, 0.4) is 0 Å². The molecule has 4 rings (SSSR count). The largest absolute Gasteiger partial charge is 0.454 e. The predicted octanol–water partition coefficient (Wildman–Crippen LogP) is 4.02. The fourth-order valence-corrected chi connectivity index (χ4v) is 4.38. The summed E-state index contributed by atoms with van der Waals surface area (Å²) >= 11 is 0. The lowest BCUT2D eigenvalue weighted by Gasteiger charge is -2.19. The van der Waals surface area contributed by atoms with Gasteiger partial charge in [-0.15, -0.1) is 0 Å². The van der Waals surface area contributed by atoms with Gasteiger partial charge in [0.2, 0.25) is 11.8 Å². The molecule has 0 N–H and O–H groups in total. The van der Waals surface area contributed by atoms with Gasteiger partial charge >= 0.3 is 5.97 Å². The third kappa shape index (κ3) is 4.02. The summed E-state index contributed by atoms with van der Waals surface area (Å²) in [5.74, 6) is -1.64. The second kappa shape index (κ2) is 8.46. The number of ketones is 1. The topological polar surface area (TPSA) is 80.8 Å². The number of carbonyl (C=O) groups is 4. The summed E-state index contributed by atoms with van der Waals surface area (Å²) in [5, 5.41) is 0. The molecule has 0 spiro atoms. The Morgan fingerprint density at radius 3 is 2.03 bits per heavy atom. The Labute approximate surface area is 181 Å². The maximum atomic E-state index is 12.7. The van der Waals surface area contributed by atoms with Crippen molar-refractivity contribution in [2.24, 2.45) is 11.8 Å². The highest BCUT2D eigenvalue weighted by molar-refractivity contribution is 6.22. The van der Waals surface area contributed by atoms with Crippen LogP contribution in [0.2, 0.25) is 0 Å². The molecule has 1 aliphatic heterocycles. The summed E-state index contributed by atoms with van der Waals surface area (Å²) < 4.78 is 5.16. The Hall–Kier alpha value is -3.28. The van der Waals surface area contributed by atoms with E-state index in [0.29, 0.717) is 11.3 Å². The van der Waals surface area contributed by atoms with E-state index in [9.17, 15) is 19.2 Å². The maximum absolute atomic E-state index is 12.7. The number of hydrogen-bond donors (Lipinski definition) is 0. The van der Waals surface area contributed by atoms with Gasteiger partial charge in [-0.2, -0.15) is 0 Å². The molecule has 1 saturated heterocycles. The van der Waals surface area contributed by atoms with Crippen molar-refractivity contribution in [1.82, 2.24) is 0 Å². The molecule has 0 bridgehead atoms. The molecule has 6 heteroatoms. The van der Waals surface area contributed by atoms with E-state index in [1.165, 1.54) is 17.0 Å². The standard InChI is InChI=1S/C25H25NO5/c1-15-7-8-18(13-16(15)2)22(27)14-31-25(30)17-9-11-19(12-10-17)26-23(28)20-5-3-4-6-21(20)24(26)29/h7-13,20-21H,3-6,14H2,1-2H3/t20-,21-/m1/s1. The number of amides is 2. The summed E-state index contributed by atoms with van der Waals surface area (Å²) in [6, 6.07) is 11.5. The molecule has 6 nitrogen and oxygen atoms in total. The number of Topliss-reactive ketones (excluding diaryl/α,β-unsaturated/α-hetero) is 1. The number of rotatable bonds is 5. The van der Waals surface area contributed by atoms with Crippen LogP contribution in [0, 0.1) is 25.7 Å². The van der Waals surface area contributed by atoms with Crippen molar-refractivity contribution in [3.8, 4) is 0 Å². The van der Waals surface area contributed by atoms with Gasteiger partial charge in [-0.25, -0.2) is 4.79 Å². The van der Waals surface area contributed by atoms with Gasteiger partial charge in [-0.1, -0.05) is 25.0 Å². The molecule has 31 heavy (non-hydrogen) atoms. The minimum Gasteiger partial charge on any atom is -0.454 e. The number of anilines is 1. The summed E-state index contributed by atoms with van der Waals surface area (Å²) in [4.78, 5) is 51.3. The molecular formula is C25H25NO5. The fourth-order valence-electron chi connectivity index (χ4n) is 4.38. The van der Waals surface area contributed by atoms with Gasteiger partial charge in [-0.05, 0) is 68.1 Å². The summed E-state index contributed by atoms with van der Waals surface area (Å²) in [6.45, 7) is 3.53. The first-order valence-corrected chi connectivity index (χ1v) is 10.6. The number of aryl methyl sites for hydroxylation is 2. The molecular weight excluding hydrogens is 394 g/mol. The average molecular weight is 419 g/mol. The van der Waals surface area contributed by atoms with Crippen molar-refractivity contribution < 1.29 is 23.9 Å². The van der Waals surface area contributed by atoms with Crippen LogP contribution in [-0.4, -0.2) is 30.2 Å². The van der Waals surface area contributed by atoms with Crippen molar-refractivity contribution in [2.75, 3.05) is 11.5 Å². The van der Waals surface area contributed by atoms with Gasteiger partial charge in [0.1, 0.15) is 0 Å².